The number of aliphatic hydroxyl groups is 1. The number of benzene rings is 2. The number of aromatic nitrogens is 5. The third kappa shape index (κ3) is 10.6. The van der Waals surface area contributed by atoms with Gasteiger partial charge in [-0.3, -0.25) is 19.1 Å². The van der Waals surface area contributed by atoms with E-state index >= 15 is 0 Å². The Morgan fingerprint density at radius 1 is 0.970 bits per heavy atom. The van der Waals surface area contributed by atoms with Gasteiger partial charge in [-0.2, -0.15) is 9.40 Å². The summed E-state index contributed by atoms with van der Waals surface area (Å²) in [5.41, 5.74) is 6.46. The number of pyridine rings is 1. The number of aliphatic hydroxyl groups excluding tert-OH is 1. The summed E-state index contributed by atoms with van der Waals surface area (Å²) in [6.45, 7) is 7.24. The minimum atomic E-state index is -3.98. The number of carboxylic acid groups (broad SMARTS) is 1. The summed E-state index contributed by atoms with van der Waals surface area (Å²) < 4.78 is 39.2. The van der Waals surface area contributed by atoms with Crippen molar-refractivity contribution in [3.05, 3.63) is 111 Å². The normalized spacial score (nSPS) is 16.0. The zero-order valence-electron chi connectivity index (χ0n) is 38.0. The number of unbranched alkanes of at least 4 members (excludes halogenated alkanes) is 4. The molecule has 19 heteroatoms. The molecule has 2 aliphatic heterocycles. The quantitative estimate of drug-likeness (QED) is 0.0455. The van der Waals surface area contributed by atoms with Gasteiger partial charge in [-0.1, -0.05) is 49.1 Å². The Labute approximate surface area is 399 Å². The van der Waals surface area contributed by atoms with Crippen LogP contribution >= 0.6 is 22.9 Å². The molecular weight excluding hydrogens is 914 g/mol. The van der Waals surface area contributed by atoms with Crippen molar-refractivity contribution in [2.75, 3.05) is 32.1 Å². The molecule has 6 heterocycles. The number of carbonyl (C=O) groups is 2. The topological polar surface area (TPSA) is 206 Å². The van der Waals surface area contributed by atoms with E-state index in [2.05, 4.69) is 39.8 Å². The Hall–Kier alpha value is -5.50. The van der Waals surface area contributed by atoms with Gasteiger partial charge in [0.25, 0.3) is 0 Å². The van der Waals surface area contributed by atoms with E-state index in [1.165, 1.54) is 15.4 Å². The number of aliphatic imine (C=N–C) groups is 1. The summed E-state index contributed by atoms with van der Waals surface area (Å²) in [4.78, 5) is 31.4. The predicted octanol–water partition coefficient (Wildman–Crippen LogP) is 7.82. The largest absolute Gasteiger partial charge is 0.481 e. The van der Waals surface area contributed by atoms with Crippen molar-refractivity contribution in [1.82, 2.24) is 34.0 Å². The molecule has 354 valence electrons. The van der Waals surface area contributed by atoms with Crippen LogP contribution in [-0.4, -0.2) is 104 Å². The average molecular weight is 971 g/mol. The molecule has 2 aliphatic rings. The first-order chi connectivity index (χ1) is 32.2. The monoisotopic (exact) mass is 969 g/mol. The lowest BCUT2D eigenvalue weighted by Crippen LogP contribution is -2.40. The number of hydrogen-bond acceptors (Lipinski definition) is 12. The summed E-state index contributed by atoms with van der Waals surface area (Å²) in [5, 5.41) is 41.5. The van der Waals surface area contributed by atoms with Gasteiger partial charge < -0.3 is 25.6 Å². The van der Waals surface area contributed by atoms with Gasteiger partial charge >= 0.3 is 5.97 Å². The highest BCUT2D eigenvalue weighted by atomic mass is 35.5. The third-order valence-electron chi connectivity index (χ3n) is 12.6. The first-order valence-corrected chi connectivity index (χ1v) is 25.3. The maximum absolute atomic E-state index is 14.3. The SMILES string of the molecule is COC1CCN(S(=O)(=O)c2cc(NC(O)CCCCCCCNC(=O)C[C@@H]3N=C(c4ccc(Cl)cc4)c4c(sc(C)c4C)-n4c(C)nnc43)ccc2-c2ccn3ncc(CC(=O)O)c3c2)CC1. The summed E-state index contributed by atoms with van der Waals surface area (Å²) in [6, 6.07) is 15.6. The molecule has 0 spiro atoms. The predicted molar refractivity (Wildman–Crippen MR) is 259 cm³/mol. The Balaban J connectivity index is 0.849. The number of hydrogen-bond donors (Lipinski definition) is 4. The van der Waals surface area contributed by atoms with Crippen molar-refractivity contribution in [2.45, 2.75) is 108 Å². The minimum absolute atomic E-state index is 0.0138. The number of fused-ring (bicyclic) bond motifs is 4. The number of aryl methyl sites for hydroxylation is 2. The molecule has 4 aromatic heterocycles. The van der Waals surface area contributed by atoms with Gasteiger partial charge in [0.2, 0.25) is 15.9 Å². The fourth-order valence-electron chi connectivity index (χ4n) is 8.87. The van der Waals surface area contributed by atoms with Gasteiger partial charge in [0, 0.05) is 70.8 Å². The van der Waals surface area contributed by atoms with Crippen LogP contribution in [0, 0.1) is 20.8 Å². The molecule has 1 fully saturated rings. The maximum atomic E-state index is 14.3. The van der Waals surface area contributed by atoms with Crippen molar-refractivity contribution >= 4 is 61.8 Å². The minimum Gasteiger partial charge on any atom is -0.481 e. The Bertz CT molecular complexity index is 2900. The Morgan fingerprint density at radius 2 is 1.72 bits per heavy atom. The second-order valence-corrected chi connectivity index (χ2v) is 20.8. The highest BCUT2D eigenvalue weighted by Crippen LogP contribution is 2.40. The molecule has 67 heavy (non-hydrogen) atoms. The molecule has 2 atom stereocenters. The number of sulfonamides is 1. The number of piperidine rings is 1. The number of anilines is 1. The molecule has 1 saturated heterocycles. The number of halogens is 1. The van der Waals surface area contributed by atoms with Crippen molar-refractivity contribution < 1.29 is 33.0 Å². The summed E-state index contributed by atoms with van der Waals surface area (Å²) in [6.07, 6.45) is 7.96. The standard InChI is InChI=1S/C48H56ClN9O7S2/c1-29-30(2)66-48-45(29)46(32-11-13-35(49)14-12-32)53-39(47-55-54-31(3)58(47)48)27-43(60)50-20-9-7-5-6-8-10-42(59)52-36-15-16-38(33-17-23-57-40(24-33)34(28-51-57)25-44(61)62)41(26-36)67(63,64)56-21-18-37(65-4)19-22-56/h11-17,23-24,26,28,37,39,42,52,59H,5-10,18-22,25,27H2,1-4H3,(H,50,60)(H,61,62)/t39-,42?/m0/s1. The first kappa shape index (κ1) is 48.0. The molecule has 0 saturated carbocycles. The van der Waals surface area contributed by atoms with Crippen molar-refractivity contribution in [1.29, 1.82) is 0 Å². The van der Waals surface area contributed by atoms with E-state index < -0.39 is 28.3 Å². The number of nitrogens with one attached hydrogen (secondary N) is 2. The van der Waals surface area contributed by atoms with Crippen LogP contribution < -0.4 is 10.6 Å². The van der Waals surface area contributed by atoms with E-state index in [9.17, 15) is 28.2 Å². The number of amides is 1. The summed E-state index contributed by atoms with van der Waals surface area (Å²) in [5.74, 6) is 0.258. The second-order valence-electron chi connectivity index (χ2n) is 17.2. The van der Waals surface area contributed by atoms with Crippen LogP contribution in [-0.2, 0) is 30.8 Å². The number of nitrogens with zero attached hydrogens (tertiary/aromatic N) is 7. The molecule has 16 nitrogen and oxygen atoms in total. The Morgan fingerprint density at radius 3 is 2.46 bits per heavy atom. The molecule has 1 amide bonds. The summed E-state index contributed by atoms with van der Waals surface area (Å²) >= 11 is 7.92. The van der Waals surface area contributed by atoms with Crippen molar-refractivity contribution in [3.63, 3.8) is 0 Å². The molecule has 8 rings (SSSR count). The highest BCUT2D eigenvalue weighted by Gasteiger charge is 2.34. The molecule has 0 radical (unpaired) electrons. The molecular formula is C48H56ClN9O7S2. The fraction of sp³-hybridized carbons (Fsp3) is 0.417. The number of aliphatic carboxylic acids is 1. The molecule has 0 bridgehead atoms. The third-order valence-corrected chi connectivity index (χ3v) is 16.0. The van der Waals surface area contributed by atoms with E-state index in [0.29, 0.717) is 77.6 Å². The Kier molecular flexibility index (Phi) is 14.9. The number of ether oxygens (including phenoxy) is 1. The lowest BCUT2D eigenvalue weighted by atomic mass is 9.99. The van der Waals surface area contributed by atoms with E-state index in [0.717, 1.165) is 65.3 Å². The number of carboxylic acids is 1. The van der Waals surface area contributed by atoms with Gasteiger partial charge in [-0.05, 0) is 100 Å². The van der Waals surface area contributed by atoms with E-state index in [1.54, 1.807) is 59.5 Å². The van der Waals surface area contributed by atoms with Crippen LogP contribution in [0.15, 0.2) is 76.9 Å². The molecule has 0 aliphatic carbocycles. The lowest BCUT2D eigenvalue weighted by molar-refractivity contribution is -0.136. The van der Waals surface area contributed by atoms with Crippen LogP contribution in [0.5, 0.6) is 0 Å². The number of thiophene rings is 1. The fourth-order valence-corrected chi connectivity index (χ4v) is 11.9. The van der Waals surface area contributed by atoms with Crippen LogP contribution in [0.1, 0.15) is 103 Å². The number of rotatable bonds is 19. The molecule has 4 N–H and O–H groups in total. The van der Waals surface area contributed by atoms with Gasteiger partial charge in [0.05, 0.1) is 41.3 Å². The second kappa shape index (κ2) is 20.8. The van der Waals surface area contributed by atoms with Crippen LogP contribution in [0.25, 0.3) is 21.6 Å². The van der Waals surface area contributed by atoms with Crippen LogP contribution in [0.4, 0.5) is 5.69 Å². The van der Waals surface area contributed by atoms with Crippen molar-refractivity contribution in [2.24, 2.45) is 4.99 Å². The molecule has 2 aromatic carbocycles. The summed E-state index contributed by atoms with van der Waals surface area (Å²) in [7, 11) is -2.35. The van der Waals surface area contributed by atoms with Gasteiger partial charge in [-0.25, -0.2) is 12.9 Å². The smallest absolute Gasteiger partial charge is 0.307 e. The van der Waals surface area contributed by atoms with Gasteiger partial charge in [0.1, 0.15) is 23.1 Å². The highest BCUT2D eigenvalue weighted by molar-refractivity contribution is 7.89. The number of methoxy groups -OCH3 is 1. The van der Waals surface area contributed by atoms with Crippen LogP contribution in [0.2, 0.25) is 5.02 Å². The molecule has 6 aromatic rings. The maximum Gasteiger partial charge on any atom is 0.307 e. The van der Waals surface area contributed by atoms with Gasteiger partial charge in [-0.15, -0.1) is 21.5 Å². The van der Waals surface area contributed by atoms with E-state index in [1.807, 2.05) is 35.8 Å². The average Bonchev–Trinajstić information content (AvgIpc) is 3.96. The van der Waals surface area contributed by atoms with Crippen molar-refractivity contribution in [3.8, 4) is 16.1 Å². The lowest BCUT2D eigenvalue weighted by Gasteiger charge is -2.31. The number of carbonyl (C=O) groups excluding carboxylic acids is 1. The first-order valence-electron chi connectivity index (χ1n) is 22.6. The van der Waals surface area contributed by atoms with E-state index in [4.69, 9.17) is 21.3 Å². The zero-order valence-corrected chi connectivity index (χ0v) is 40.4. The molecule has 1 unspecified atom stereocenters. The zero-order chi connectivity index (χ0) is 47.4. The van der Waals surface area contributed by atoms with Gasteiger partial charge in [0.15, 0.2) is 5.82 Å². The van der Waals surface area contributed by atoms with E-state index in [-0.39, 0.29) is 29.7 Å². The van der Waals surface area contributed by atoms with Crippen LogP contribution in [0.3, 0.4) is 0 Å².